The van der Waals surface area contributed by atoms with E-state index in [1.54, 1.807) is 23.9 Å². The number of carbonyl (C=O) groups excluding carboxylic acids is 2. The number of piperidine rings is 1. The lowest BCUT2D eigenvalue weighted by molar-refractivity contribution is 0.0557. The molecule has 2 bridgehead atoms. The van der Waals surface area contributed by atoms with Gasteiger partial charge >= 0.3 is 6.03 Å². The fourth-order valence-corrected chi connectivity index (χ4v) is 5.89. The molecule has 2 fully saturated rings. The second-order valence-corrected chi connectivity index (χ2v) is 9.90. The van der Waals surface area contributed by atoms with Crippen LogP contribution in [0.2, 0.25) is 0 Å². The van der Waals surface area contributed by atoms with Gasteiger partial charge in [-0.05, 0) is 50.3 Å². The van der Waals surface area contributed by atoms with E-state index in [0.717, 1.165) is 42.5 Å². The van der Waals surface area contributed by atoms with Crippen molar-refractivity contribution < 1.29 is 14.3 Å². The Balaban J connectivity index is 1.29. The molecule has 2 saturated heterocycles. The van der Waals surface area contributed by atoms with E-state index in [0.29, 0.717) is 29.4 Å². The molecule has 13 nitrogen and oxygen atoms in total. The first-order valence-corrected chi connectivity index (χ1v) is 13.0. The summed E-state index contributed by atoms with van der Waals surface area (Å²) in [5.74, 6) is 1.35. The molecule has 202 valence electrons. The molecule has 3 atom stereocenters. The van der Waals surface area contributed by atoms with E-state index in [9.17, 15) is 9.59 Å². The zero-order chi connectivity index (χ0) is 27.1. The van der Waals surface area contributed by atoms with E-state index in [2.05, 4.69) is 30.9 Å². The molecule has 5 N–H and O–H groups in total. The number of rotatable bonds is 6. The number of carbonyl (C=O) groups is 2. The number of nitrogens with zero attached hydrogens (tertiary/aromatic N) is 6. The van der Waals surface area contributed by atoms with Gasteiger partial charge in [-0.25, -0.2) is 14.8 Å². The molecule has 0 radical (unpaired) electrons. The highest BCUT2D eigenvalue weighted by atomic mass is 16.5. The number of hydrogen-bond donors (Lipinski definition) is 4. The Morgan fingerprint density at radius 2 is 2.00 bits per heavy atom. The van der Waals surface area contributed by atoms with Crippen LogP contribution in [-0.4, -0.2) is 72.4 Å². The van der Waals surface area contributed by atoms with Gasteiger partial charge in [0.1, 0.15) is 17.9 Å². The summed E-state index contributed by atoms with van der Waals surface area (Å²) in [6.45, 7) is 2.37. The van der Waals surface area contributed by atoms with Crippen LogP contribution < -0.4 is 21.1 Å². The van der Waals surface area contributed by atoms with Crippen LogP contribution in [0.3, 0.4) is 0 Å². The summed E-state index contributed by atoms with van der Waals surface area (Å²) in [6, 6.07) is 7.34. The van der Waals surface area contributed by atoms with Gasteiger partial charge in [0, 0.05) is 41.9 Å². The molecule has 2 aliphatic heterocycles. The topological polar surface area (TPSA) is 168 Å². The maximum Gasteiger partial charge on any atom is 0.319 e. The van der Waals surface area contributed by atoms with Crippen molar-refractivity contribution in [2.24, 2.45) is 0 Å². The molecule has 13 heteroatoms. The molecule has 1 unspecified atom stereocenters. The van der Waals surface area contributed by atoms with Crippen molar-refractivity contribution in [2.75, 3.05) is 24.7 Å². The summed E-state index contributed by atoms with van der Waals surface area (Å²) in [5.41, 5.74) is 10.2. The quantitative estimate of drug-likeness (QED) is 0.295. The second-order valence-electron chi connectivity index (χ2n) is 9.90. The highest BCUT2D eigenvalue weighted by Gasteiger charge is 2.45. The monoisotopic (exact) mass is 530 g/mol. The van der Waals surface area contributed by atoms with Crippen LogP contribution in [0.4, 0.5) is 16.3 Å². The number of hydrogen-bond acceptors (Lipinski definition) is 8. The summed E-state index contributed by atoms with van der Waals surface area (Å²) in [4.78, 5) is 36.1. The van der Waals surface area contributed by atoms with Gasteiger partial charge in [-0.15, -0.1) is 0 Å². The number of aromatic nitrogens is 6. The van der Waals surface area contributed by atoms with Gasteiger partial charge in [-0.2, -0.15) is 14.7 Å². The summed E-state index contributed by atoms with van der Waals surface area (Å²) < 4.78 is 7.18. The van der Waals surface area contributed by atoms with Crippen LogP contribution >= 0.6 is 0 Å². The Labute approximate surface area is 224 Å². The van der Waals surface area contributed by atoms with E-state index < -0.39 is 0 Å². The summed E-state index contributed by atoms with van der Waals surface area (Å²) in [6.07, 6.45) is 6.60. The number of benzene rings is 1. The largest absolute Gasteiger partial charge is 0.495 e. The second kappa shape index (κ2) is 9.89. The van der Waals surface area contributed by atoms with Crippen LogP contribution in [0.1, 0.15) is 54.8 Å². The van der Waals surface area contributed by atoms with Crippen molar-refractivity contribution in [1.82, 2.24) is 40.0 Å². The Morgan fingerprint density at radius 1 is 1.21 bits per heavy atom. The molecule has 0 saturated carbocycles. The zero-order valence-electron chi connectivity index (χ0n) is 21.7. The third-order valence-corrected chi connectivity index (χ3v) is 7.62. The van der Waals surface area contributed by atoms with E-state index in [1.807, 2.05) is 30.0 Å². The number of H-pyrrole nitrogens is 1. The number of ether oxygens (including phenoxy) is 1. The van der Waals surface area contributed by atoms with Crippen LogP contribution in [0.15, 0.2) is 36.8 Å². The maximum absolute atomic E-state index is 13.0. The lowest BCUT2D eigenvalue weighted by Gasteiger charge is -2.38. The van der Waals surface area contributed by atoms with Gasteiger partial charge in [0.05, 0.1) is 19.0 Å². The molecule has 6 rings (SSSR count). The van der Waals surface area contributed by atoms with Crippen LogP contribution in [0.5, 0.6) is 5.75 Å². The van der Waals surface area contributed by atoms with Crippen LogP contribution in [-0.2, 0) is 0 Å². The fraction of sp³-hybridized carbons (Fsp3) is 0.385. The summed E-state index contributed by atoms with van der Waals surface area (Å²) in [5, 5.41) is 16.5. The SMILES string of the molecule is CCNC(=O)Nc1ccc(-c2cnn3c(N)cc(C4C[C@H]5CC[C@@H](C4)N5C(=O)c4ncn[nH]4)nc23)cc1OC. The molecule has 5 heterocycles. The minimum Gasteiger partial charge on any atom is -0.495 e. The van der Waals surface area contributed by atoms with Crippen molar-refractivity contribution in [3.8, 4) is 16.9 Å². The first kappa shape index (κ1) is 24.6. The lowest BCUT2D eigenvalue weighted by Crippen LogP contribution is -2.46. The predicted octanol–water partition coefficient (Wildman–Crippen LogP) is 2.80. The highest BCUT2D eigenvalue weighted by molar-refractivity contribution is 5.92. The van der Waals surface area contributed by atoms with Gasteiger partial charge in [0.15, 0.2) is 5.65 Å². The van der Waals surface area contributed by atoms with Gasteiger partial charge in [-0.3, -0.25) is 9.89 Å². The molecule has 3 amide bonds. The molecule has 39 heavy (non-hydrogen) atoms. The fourth-order valence-electron chi connectivity index (χ4n) is 5.89. The lowest BCUT2D eigenvalue weighted by atomic mass is 9.87. The van der Waals surface area contributed by atoms with Gasteiger partial charge < -0.3 is 26.0 Å². The van der Waals surface area contributed by atoms with Gasteiger partial charge in [0.25, 0.3) is 5.91 Å². The number of nitrogens with two attached hydrogens (primary N) is 1. The maximum atomic E-state index is 13.0. The standard InChI is InChI=1S/C26H30N10O3/c1-3-28-26(38)33-19-7-4-14(10-21(19)39-2)18-12-31-36-22(27)11-20(32-24(18)36)15-8-16-5-6-17(9-15)35(16)25(37)23-29-13-30-34-23/h4,7,10-13,15-17H,3,5-6,8-9,27H2,1-2H3,(H2,28,33,38)(H,29,30,34)/t15?,16-,17+. The first-order chi connectivity index (χ1) is 19.0. The molecule has 3 aromatic heterocycles. The Kier molecular flexibility index (Phi) is 6.25. The van der Waals surface area contributed by atoms with E-state index >= 15 is 0 Å². The van der Waals surface area contributed by atoms with E-state index in [-0.39, 0.29) is 35.8 Å². The van der Waals surface area contributed by atoms with E-state index in [4.69, 9.17) is 15.5 Å². The highest BCUT2D eigenvalue weighted by Crippen LogP contribution is 2.44. The van der Waals surface area contributed by atoms with Crippen molar-refractivity contribution >= 4 is 29.1 Å². The molecule has 1 aromatic carbocycles. The first-order valence-electron chi connectivity index (χ1n) is 13.0. The van der Waals surface area contributed by atoms with Crippen molar-refractivity contribution in [2.45, 2.75) is 50.6 Å². The average Bonchev–Trinajstić information content (AvgIpc) is 3.67. The zero-order valence-corrected chi connectivity index (χ0v) is 21.7. The molecular weight excluding hydrogens is 500 g/mol. The van der Waals surface area contributed by atoms with Crippen LogP contribution in [0, 0.1) is 0 Å². The Bertz CT molecular complexity index is 1520. The Hall–Kier alpha value is -4.68. The third kappa shape index (κ3) is 4.39. The smallest absolute Gasteiger partial charge is 0.319 e. The summed E-state index contributed by atoms with van der Waals surface area (Å²) >= 11 is 0. The molecular formula is C26H30N10O3. The number of amides is 3. The number of fused-ring (bicyclic) bond motifs is 3. The van der Waals surface area contributed by atoms with Crippen molar-refractivity contribution in [1.29, 1.82) is 0 Å². The number of aromatic amines is 1. The predicted molar refractivity (Wildman–Crippen MR) is 143 cm³/mol. The number of methoxy groups -OCH3 is 1. The number of nitrogens with one attached hydrogen (secondary N) is 3. The molecule has 0 spiro atoms. The van der Waals surface area contributed by atoms with Gasteiger partial charge in [-0.1, -0.05) is 6.07 Å². The Morgan fingerprint density at radius 3 is 2.69 bits per heavy atom. The minimum atomic E-state index is -0.304. The minimum absolute atomic E-state index is 0.0986. The van der Waals surface area contributed by atoms with Crippen molar-refractivity contribution in [3.05, 3.63) is 48.3 Å². The average molecular weight is 531 g/mol. The number of urea groups is 1. The molecule has 0 aliphatic carbocycles. The normalized spacial score (nSPS) is 20.3. The van der Waals surface area contributed by atoms with Crippen LogP contribution in [0.25, 0.3) is 16.8 Å². The molecule has 4 aromatic rings. The molecule has 2 aliphatic rings. The number of anilines is 2. The van der Waals surface area contributed by atoms with E-state index in [1.165, 1.54) is 6.33 Å². The van der Waals surface area contributed by atoms with Gasteiger partial charge in [0.2, 0.25) is 5.82 Å². The van der Waals surface area contributed by atoms with Crippen molar-refractivity contribution in [3.63, 3.8) is 0 Å². The third-order valence-electron chi connectivity index (χ3n) is 7.62. The summed E-state index contributed by atoms with van der Waals surface area (Å²) in [7, 11) is 1.56. The number of nitrogen functional groups attached to an aromatic ring is 1.